The first kappa shape index (κ1) is 37.2. The second-order valence-electron chi connectivity index (χ2n) is 13.6. The van der Waals surface area contributed by atoms with Crippen molar-refractivity contribution in [2.75, 3.05) is 38.7 Å². The molecule has 264 valence electrons. The molecule has 1 aliphatic heterocycles. The third-order valence-corrected chi connectivity index (χ3v) is 9.39. The summed E-state index contributed by atoms with van der Waals surface area (Å²) in [6.07, 6.45) is 7.52. The predicted molar refractivity (Wildman–Crippen MR) is 186 cm³/mol. The van der Waals surface area contributed by atoms with Crippen LogP contribution in [-0.2, 0) is 11.3 Å². The monoisotopic (exact) mass is 666 g/mol. The molecule has 0 unspecified atom stereocenters. The average molecular weight is 667 g/mol. The van der Waals surface area contributed by atoms with Crippen LogP contribution in [0.2, 0.25) is 0 Å². The molecule has 0 spiro atoms. The lowest BCUT2D eigenvalue weighted by Gasteiger charge is -2.36. The fraction of sp³-hybridized carbons (Fsp3) is 0.595. The molecule has 4 N–H and O–H groups in total. The zero-order valence-electron chi connectivity index (χ0n) is 29.0. The van der Waals surface area contributed by atoms with Crippen LogP contribution >= 0.6 is 0 Å². The summed E-state index contributed by atoms with van der Waals surface area (Å²) in [7, 11) is 2.00. The van der Waals surface area contributed by atoms with Crippen LogP contribution in [0.1, 0.15) is 98.4 Å². The molecule has 0 radical (unpaired) electrons. The number of hydrogen-bond acceptors (Lipinski definition) is 7. The lowest BCUT2D eigenvalue weighted by molar-refractivity contribution is -0.0177. The predicted octanol–water partition coefficient (Wildman–Crippen LogP) is 5.77. The minimum Gasteiger partial charge on any atom is -0.490 e. The molecular formula is C37H54N4O7. The van der Waals surface area contributed by atoms with Gasteiger partial charge in [-0.1, -0.05) is 38.3 Å². The van der Waals surface area contributed by atoms with Crippen molar-refractivity contribution in [3.63, 3.8) is 0 Å². The number of nitrogens with one attached hydrogen (secondary N) is 2. The number of amides is 3. The molecule has 2 aliphatic rings. The first-order chi connectivity index (χ1) is 23.0. The van der Waals surface area contributed by atoms with E-state index in [1.165, 1.54) is 6.42 Å². The van der Waals surface area contributed by atoms with Crippen molar-refractivity contribution in [1.29, 1.82) is 0 Å². The molecule has 0 saturated heterocycles. The van der Waals surface area contributed by atoms with Crippen LogP contribution in [0.5, 0.6) is 5.75 Å². The highest BCUT2D eigenvalue weighted by atomic mass is 16.5. The Morgan fingerprint density at radius 3 is 2.42 bits per heavy atom. The number of rotatable bonds is 9. The Bertz CT molecular complexity index is 1350. The molecule has 1 saturated carbocycles. The fourth-order valence-electron chi connectivity index (χ4n) is 6.50. The molecule has 0 aromatic heterocycles. The van der Waals surface area contributed by atoms with Crippen LogP contribution in [0.25, 0.3) is 0 Å². The van der Waals surface area contributed by atoms with E-state index in [0.717, 1.165) is 50.5 Å². The van der Waals surface area contributed by atoms with Gasteiger partial charge in [0.2, 0.25) is 0 Å². The van der Waals surface area contributed by atoms with Gasteiger partial charge in [0.25, 0.3) is 5.91 Å². The summed E-state index contributed by atoms with van der Waals surface area (Å²) in [6, 6.07) is 11.4. The van der Waals surface area contributed by atoms with E-state index in [0.29, 0.717) is 43.2 Å². The number of carbonyl (C=O) groups excluding carboxylic acids is 2. The number of carboxylic acids is 1. The number of hydrogen-bond donors (Lipinski definition) is 4. The number of urea groups is 1. The second-order valence-corrected chi connectivity index (χ2v) is 13.6. The third-order valence-electron chi connectivity index (χ3n) is 9.39. The molecule has 11 nitrogen and oxygen atoms in total. The molecule has 1 fully saturated rings. The Hall–Kier alpha value is -3.67. The topological polar surface area (TPSA) is 141 Å². The van der Waals surface area contributed by atoms with Gasteiger partial charge in [0.05, 0.1) is 36.0 Å². The first-order valence-electron chi connectivity index (χ1n) is 17.5. The summed E-state index contributed by atoms with van der Waals surface area (Å²) in [4.78, 5) is 42.3. The minimum atomic E-state index is -0.954. The molecule has 11 heteroatoms. The van der Waals surface area contributed by atoms with Gasteiger partial charge in [-0.15, -0.1) is 0 Å². The lowest BCUT2D eigenvalue weighted by atomic mass is 9.96. The van der Waals surface area contributed by atoms with E-state index in [-0.39, 0.29) is 48.3 Å². The van der Waals surface area contributed by atoms with Crippen molar-refractivity contribution < 1.29 is 34.1 Å². The normalized spacial score (nSPS) is 22.2. The summed E-state index contributed by atoms with van der Waals surface area (Å²) in [5, 5.41) is 25.5. The van der Waals surface area contributed by atoms with Gasteiger partial charge < -0.3 is 35.2 Å². The Kier molecular flexibility index (Phi) is 14.1. The fourth-order valence-corrected chi connectivity index (χ4v) is 6.50. The van der Waals surface area contributed by atoms with E-state index >= 15 is 0 Å². The van der Waals surface area contributed by atoms with Crippen molar-refractivity contribution in [3.05, 3.63) is 59.2 Å². The molecule has 4 rings (SSSR count). The van der Waals surface area contributed by atoms with Crippen LogP contribution < -0.4 is 15.4 Å². The maximum atomic E-state index is 14.4. The Balaban J connectivity index is 1.55. The Morgan fingerprint density at radius 2 is 1.73 bits per heavy atom. The van der Waals surface area contributed by atoms with Crippen LogP contribution in [-0.4, -0.2) is 95.6 Å². The molecule has 2 aromatic carbocycles. The molecular weight excluding hydrogens is 612 g/mol. The highest BCUT2D eigenvalue weighted by Gasteiger charge is 2.30. The number of nitrogens with zero attached hydrogens (tertiary/aromatic N) is 2. The summed E-state index contributed by atoms with van der Waals surface area (Å²) < 4.78 is 12.8. The van der Waals surface area contributed by atoms with Gasteiger partial charge >= 0.3 is 12.0 Å². The smallest absolute Gasteiger partial charge is 0.335 e. The molecule has 2 aromatic rings. The van der Waals surface area contributed by atoms with Crippen LogP contribution in [0.4, 0.5) is 10.5 Å². The van der Waals surface area contributed by atoms with Gasteiger partial charge in [-0.3, -0.25) is 9.69 Å². The van der Waals surface area contributed by atoms with Crippen molar-refractivity contribution in [3.8, 4) is 5.75 Å². The number of anilines is 1. The largest absolute Gasteiger partial charge is 0.490 e. The van der Waals surface area contributed by atoms with E-state index in [9.17, 15) is 24.6 Å². The Morgan fingerprint density at radius 1 is 1.02 bits per heavy atom. The molecule has 4 atom stereocenters. The van der Waals surface area contributed by atoms with Gasteiger partial charge in [0, 0.05) is 43.9 Å². The zero-order chi connectivity index (χ0) is 34.6. The molecule has 1 heterocycles. The summed E-state index contributed by atoms with van der Waals surface area (Å²) in [5.41, 5.74) is 2.07. The van der Waals surface area contributed by atoms with Gasteiger partial charge in [-0.2, -0.15) is 0 Å². The SMILES string of the molecule is C[C@@H]1CN([C@H](C)CO)C(=O)c2cc(NC(=O)NC3CCCCC3)ccc2O[C@@H](C)CCCCO[C@@H]1CN(C)Cc1ccc(C(=O)O)cc1. The van der Waals surface area contributed by atoms with E-state index in [4.69, 9.17) is 9.47 Å². The third kappa shape index (κ3) is 10.9. The van der Waals surface area contributed by atoms with Crippen LogP contribution in [0.15, 0.2) is 42.5 Å². The summed E-state index contributed by atoms with van der Waals surface area (Å²) >= 11 is 0. The van der Waals surface area contributed by atoms with E-state index < -0.39 is 12.0 Å². The standard InChI is InChI=1S/C37H54N4O7/c1-25-21-41(26(2)24-42)35(43)32-20-31(39-37(46)38-30-11-6-5-7-12-30)17-18-33(32)48-27(3)10-8-9-19-47-34(25)23-40(4)22-28-13-15-29(16-14-28)36(44)45/h13-18,20,25-27,30,34,42H,5-12,19,21-24H2,1-4H3,(H,44,45)(H2,38,39,46)/t25-,26-,27+,34-/m1/s1. The van der Waals surface area contributed by atoms with Crippen LogP contribution in [0, 0.1) is 5.92 Å². The number of carboxylic acid groups (broad SMARTS) is 1. The number of ether oxygens (including phenoxy) is 2. The van der Waals surface area contributed by atoms with Gasteiger partial charge in [-0.05, 0) is 88.9 Å². The molecule has 0 bridgehead atoms. The number of aliphatic hydroxyl groups excluding tert-OH is 1. The summed E-state index contributed by atoms with van der Waals surface area (Å²) in [6.45, 7) is 7.75. The highest BCUT2D eigenvalue weighted by molar-refractivity contribution is 5.99. The van der Waals surface area contributed by atoms with Crippen molar-refractivity contribution in [2.24, 2.45) is 5.92 Å². The van der Waals surface area contributed by atoms with Crippen molar-refractivity contribution in [1.82, 2.24) is 15.1 Å². The average Bonchev–Trinajstić information content (AvgIpc) is 3.06. The van der Waals surface area contributed by atoms with Gasteiger partial charge in [-0.25, -0.2) is 9.59 Å². The maximum Gasteiger partial charge on any atom is 0.335 e. The number of aliphatic hydroxyl groups is 1. The molecule has 1 aliphatic carbocycles. The number of fused-ring (bicyclic) bond motifs is 1. The number of likely N-dealkylation sites (N-methyl/N-ethyl adjacent to an activating group) is 1. The lowest BCUT2D eigenvalue weighted by Crippen LogP contribution is -2.47. The second kappa shape index (κ2) is 18.2. The Labute approximate surface area is 285 Å². The number of aromatic carboxylic acids is 1. The van der Waals surface area contributed by atoms with Crippen molar-refractivity contribution in [2.45, 2.75) is 103 Å². The molecule has 48 heavy (non-hydrogen) atoms. The summed E-state index contributed by atoms with van der Waals surface area (Å²) in [5.74, 6) is -0.880. The number of benzene rings is 2. The zero-order valence-corrected chi connectivity index (χ0v) is 29.0. The quantitative estimate of drug-likeness (QED) is 0.265. The van der Waals surface area contributed by atoms with E-state index in [1.54, 1.807) is 35.2 Å². The van der Waals surface area contributed by atoms with Gasteiger partial charge in [0.15, 0.2) is 0 Å². The number of carbonyl (C=O) groups is 3. The highest BCUT2D eigenvalue weighted by Crippen LogP contribution is 2.29. The minimum absolute atomic E-state index is 0.0893. The first-order valence-corrected chi connectivity index (χ1v) is 17.5. The van der Waals surface area contributed by atoms with Crippen molar-refractivity contribution >= 4 is 23.6 Å². The van der Waals surface area contributed by atoms with Gasteiger partial charge in [0.1, 0.15) is 5.75 Å². The molecule has 3 amide bonds. The van der Waals surface area contributed by atoms with E-state index in [1.807, 2.05) is 33.0 Å². The maximum absolute atomic E-state index is 14.4. The van der Waals surface area contributed by atoms with Crippen LogP contribution in [0.3, 0.4) is 0 Å². The van der Waals surface area contributed by atoms with E-state index in [2.05, 4.69) is 22.5 Å².